The van der Waals surface area contributed by atoms with Gasteiger partial charge in [0, 0.05) is 31.0 Å². The number of hydrogen-bond acceptors (Lipinski definition) is 5. The summed E-state index contributed by atoms with van der Waals surface area (Å²) in [6.07, 6.45) is 3.41. The number of benzene rings is 1. The zero-order valence-corrected chi connectivity index (χ0v) is 15.3. The van der Waals surface area contributed by atoms with Gasteiger partial charge >= 0.3 is 12.0 Å². The van der Waals surface area contributed by atoms with E-state index in [1.54, 1.807) is 28.3 Å². The second-order valence-corrected chi connectivity index (χ2v) is 6.75. The van der Waals surface area contributed by atoms with Gasteiger partial charge in [0.05, 0.1) is 31.4 Å². The number of morpholine rings is 1. The molecule has 1 fully saturated rings. The predicted molar refractivity (Wildman–Crippen MR) is 99.2 cm³/mol. The van der Waals surface area contributed by atoms with Gasteiger partial charge in [0.1, 0.15) is 12.4 Å². The van der Waals surface area contributed by atoms with Crippen molar-refractivity contribution in [2.75, 3.05) is 32.9 Å². The molecule has 1 aromatic heterocycles. The lowest BCUT2D eigenvalue weighted by molar-refractivity contribution is 0.0362. The largest absolute Gasteiger partial charge is 0.491 e. The van der Waals surface area contributed by atoms with Crippen LogP contribution in [0, 0.1) is 0 Å². The lowest BCUT2D eigenvalue weighted by atomic mass is 10.1. The molecule has 1 aromatic carbocycles. The topological polar surface area (TPSA) is 92.2 Å². The van der Waals surface area contributed by atoms with E-state index in [1.807, 2.05) is 12.1 Å². The summed E-state index contributed by atoms with van der Waals surface area (Å²) in [5.74, 6) is -0.522. The molecule has 1 N–H and O–H groups in total. The summed E-state index contributed by atoms with van der Waals surface area (Å²) >= 11 is 0. The van der Waals surface area contributed by atoms with E-state index in [4.69, 9.17) is 9.47 Å². The van der Waals surface area contributed by atoms with Crippen molar-refractivity contribution in [2.24, 2.45) is 0 Å². The maximum atomic E-state index is 13.3. The monoisotopic (exact) mass is 383 g/mol. The lowest BCUT2D eigenvalue weighted by Crippen LogP contribution is -2.49. The Labute approximate surface area is 162 Å². The van der Waals surface area contributed by atoms with Crippen LogP contribution in [-0.2, 0) is 11.3 Å². The van der Waals surface area contributed by atoms with Crippen LogP contribution in [0.4, 0.5) is 4.79 Å². The van der Waals surface area contributed by atoms with E-state index in [0.29, 0.717) is 38.6 Å². The number of carboxylic acid groups (broad SMARTS) is 1. The second kappa shape index (κ2) is 7.85. The van der Waals surface area contributed by atoms with Crippen LogP contribution < -0.4 is 4.74 Å². The highest BCUT2D eigenvalue weighted by Crippen LogP contribution is 2.33. The van der Waals surface area contributed by atoms with E-state index >= 15 is 0 Å². The average molecular weight is 383 g/mol. The summed E-state index contributed by atoms with van der Waals surface area (Å²) in [6.45, 7) is 2.67. The molecule has 2 amide bonds. The number of rotatable bonds is 2. The first-order chi connectivity index (χ1) is 13.6. The standard InChI is InChI=1S/C20H21N3O5/c24-19(25)14-3-4-16-12-23(20(26)22-6-8-27-9-7-22)17(13-28-18(16)10-14)15-2-1-5-21-11-15/h1-5,10-11,17H,6-9,12-13H2,(H,24,25). The smallest absolute Gasteiger partial charge is 0.335 e. The van der Waals surface area contributed by atoms with Gasteiger partial charge < -0.3 is 24.4 Å². The van der Waals surface area contributed by atoms with Crippen LogP contribution in [0.15, 0.2) is 42.7 Å². The van der Waals surface area contributed by atoms with E-state index in [2.05, 4.69) is 4.98 Å². The van der Waals surface area contributed by atoms with Gasteiger partial charge in [-0.3, -0.25) is 4.98 Å². The number of carboxylic acids is 1. The Morgan fingerprint density at radius 1 is 1.18 bits per heavy atom. The minimum atomic E-state index is -1.01. The molecule has 0 spiro atoms. The number of pyridine rings is 1. The molecule has 4 rings (SSSR count). The third kappa shape index (κ3) is 3.63. The van der Waals surface area contributed by atoms with Crippen molar-refractivity contribution >= 4 is 12.0 Å². The van der Waals surface area contributed by atoms with Gasteiger partial charge in [-0.25, -0.2) is 9.59 Å². The van der Waals surface area contributed by atoms with Gasteiger partial charge in [-0.1, -0.05) is 12.1 Å². The van der Waals surface area contributed by atoms with Gasteiger partial charge in [0.2, 0.25) is 0 Å². The summed E-state index contributed by atoms with van der Waals surface area (Å²) < 4.78 is 11.3. The van der Waals surface area contributed by atoms with Crippen LogP contribution in [0.3, 0.4) is 0 Å². The number of aromatic nitrogens is 1. The molecule has 3 heterocycles. The van der Waals surface area contributed by atoms with E-state index in [9.17, 15) is 14.7 Å². The molecule has 0 bridgehead atoms. The molecule has 2 aliphatic rings. The van der Waals surface area contributed by atoms with Crippen LogP contribution in [0.25, 0.3) is 0 Å². The van der Waals surface area contributed by atoms with Crippen molar-refractivity contribution in [3.63, 3.8) is 0 Å². The van der Waals surface area contributed by atoms with Crippen LogP contribution in [-0.4, -0.2) is 64.8 Å². The zero-order chi connectivity index (χ0) is 19.5. The molecular formula is C20H21N3O5. The molecule has 8 heteroatoms. The van der Waals surface area contributed by atoms with Crippen molar-refractivity contribution in [3.05, 3.63) is 59.4 Å². The number of amides is 2. The van der Waals surface area contributed by atoms with Crippen LogP contribution in [0.2, 0.25) is 0 Å². The quantitative estimate of drug-likeness (QED) is 0.855. The Morgan fingerprint density at radius 3 is 2.71 bits per heavy atom. The van der Waals surface area contributed by atoms with Gasteiger partial charge in [-0.05, 0) is 23.8 Å². The molecular weight excluding hydrogens is 362 g/mol. The first kappa shape index (κ1) is 18.2. The van der Waals surface area contributed by atoms with E-state index in [0.717, 1.165) is 11.1 Å². The van der Waals surface area contributed by atoms with Crippen LogP contribution >= 0.6 is 0 Å². The molecule has 2 aliphatic heterocycles. The average Bonchev–Trinajstić information content (AvgIpc) is 2.93. The molecule has 0 saturated carbocycles. The summed E-state index contributed by atoms with van der Waals surface area (Å²) in [5.41, 5.74) is 1.80. The normalized spacial score (nSPS) is 19.4. The molecule has 0 aliphatic carbocycles. The highest BCUT2D eigenvalue weighted by Gasteiger charge is 2.33. The summed E-state index contributed by atoms with van der Waals surface area (Å²) in [7, 11) is 0. The number of fused-ring (bicyclic) bond motifs is 1. The van der Waals surface area contributed by atoms with Gasteiger partial charge in [0.15, 0.2) is 0 Å². The fourth-order valence-electron chi connectivity index (χ4n) is 3.49. The van der Waals surface area contributed by atoms with E-state index in [1.165, 1.54) is 12.1 Å². The van der Waals surface area contributed by atoms with Crippen molar-refractivity contribution < 1.29 is 24.2 Å². The minimum absolute atomic E-state index is 0.0871. The zero-order valence-electron chi connectivity index (χ0n) is 15.3. The van der Waals surface area contributed by atoms with Crippen molar-refractivity contribution in [1.29, 1.82) is 0 Å². The minimum Gasteiger partial charge on any atom is -0.491 e. The number of carbonyl (C=O) groups excluding carboxylic acids is 1. The van der Waals surface area contributed by atoms with Crippen LogP contribution in [0.5, 0.6) is 5.75 Å². The Bertz CT molecular complexity index is 867. The summed E-state index contributed by atoms with van der Waals surface area (Å²) in [6, 6.07) is 8.09. The maximum absolute atomic E-state index is 13.3. The summed E-state index contributed by atoms with van der Waals surface area (Å²) in [5, 5.41) is 9.25. The molecule has 1 unspecified atom stereocenters. The second-order valence-electron chi connectivity index (χ2n) is 6.75. The SMILES string of the molecule is O=C(O)c1ccc2c(c1)OCC(c1cccnc1)N(C(=O)N1CCOCC1)C2. The first-order valence-corrected chi connectivity index (χ1v) is 9.16. The molecule has 2 aromatic rings. The third-order valence-electron chi connectivity index (χ3n) is 5.02. The highest BCUT2D eigenvalue weighted by atomic mass is 16.5. The van der Waals surface area contributed by atoms with Crippen LogP contribution in [0.1, 0.15) is 27.5 Å². The Balaban J connectivity index is 1.69. The molecule has 0 radical (unpaired) electrons. The van der Waals surface area contributed by atoms with Gasteiger partial charge in [0.25, 0.3) is 0 Å². The number of nitrogens with zero attached hydrogens (tertiary/aromatic N) is 3. The first-order valence-electron chi connectivity index (χ1n) is 9.16. The molecule has 146 valence electrons. The van der Waals surface area contributed by atoms with Gasteiger partial charge in [-0.15, -0.1) is 0 Å². The number of carbonyl (C=O) groups is 2. The Morgan fingerprint density at radius 2 is 2.00 bits per heavy atom. The highest BCUT2D eigenvalue weighted by molar-refractivity contribution is 5.88. The molecule has 1 saturated heterocycles. The fourth-order valence-corrected chi connectivity index (χ4v) is 3.49. The summed E-state index contributed by atoms with van der Waals surface area (Å²) in [4.78, 5) is 32.3. The molecule has 28 heavy (non-hydrogen) atoms. The maximum Gasteiger partial charge on any atom is 0.335 e. The molecule has 8 nitrogen and oxygen atoms in total. The van der Waals surface area contributed by atoms with Crippen molar-refractivity contribution in [3.8, 4) is 5.75 Å². The number of aromatic carboxylic acids is 1. The van der Waals surface area contributed by atoms with Gasteiger partial charge in [-0.2, -0.15) is 0 Å². The van der Waals surface area contributed by atoms with E-state index < -0.39 is 5.97 Å². The Kier molecular flexibility index (Phi) is 5.12. The Hall–Kier alpha value is -3.13. The number of ether oxygens (including phenoxy) is 2. The van der Waals surface area contributed by atoms with Crippen molar-refractivity contribution in [1.82, 2.24) is 14.8 Å². The van der Waals surface area contributed by atoms with Crippen molar-refractivity contribution in [2.45, 2.75) is 12.6 Å². The number of urea groups is 1. The lowest BCUT2D eigenvalue weighted by Gasteiger charge is -2.36. The van der Waals surface area contributed by atoms with E-state index in [-0.39, 0.29) is 24.2 Å². The molecule has 1 atom stereocenters. The number of hydrogen-bond donors (Lipinski definition) is 1. The fraction of sp³-hybridized carbons (Fsp3) is 0.350. The third-order valence-corrected chi connectivity index (χ3v) is 5.02. The predicted octanol–water partition coefficient (Wildman–Crippen LogP) is 2.17.